The Morgan fingerprint density at radius 3 is 2.70 bits per heavy atom. The first kappa shape index (κ1) is 15.1. The van der Waals surface area contributed by atoms with Crippen LogP contribution in [-0.4, -0.2) is 25.6 Å². The number of halogens is 3. The largest absolute Gasteiger partial charge is 0.573 e. The Kier molecular flexibility index (Phi) is 5.25. The summed E-state index contributed by atoms with van der Waals surface area (Å²) in [5, 5.41) is 3.32. The molecule has 0 aliphatic carbocycles. The molecule has 0 bridgehead atoms. The molecule has 1 saturated heterocycles. The smallest absolute Gasteiger partial charge is 0.405 e. The number of para-hydroxylation sites is 1. The number of rotatable bonds is 5. The lowest BCUT2D eigenvalue weighted by Crippen LogP contribution is -2.37. The second-order valence-corrected chi connectivity index (χ2v) is 4.82. The van der Waals surface area contributed by atoms with Crippen LogP contribution in [0.15, 0.2) is 24.3 Å². The van der Waals surface area contributed by atoms with Crippen molar-refractivity contribution in [3.05, 3.63) is 29.8 Å². The van der Waals surface area contributed by atoms with Crippen LogP contribution in [0.2, 0.25) is 0 Å². The van der Waals surface area contributed by atoms with Crippen molar-refractivity contribution in [2.75, 3.05) is 13.2 Å². The first-order chi connectivity index (χ1) is 9.54. The minimum atomic E-state index is -4.68. The van der Waals surface area contributed by atoms with Gasteiger partial charge >= 0.3 is 6.36 Å². The highest BCUT2D eigenvalue weighted by Crippen LogP contribution is 2.26. The van der Waals surface area contributed by atoms with Crippen molar-refractivity contribution in [1.82, 2.24) is 5.32 Å². The Hall–Kier alpha value is -1.27. The molecule has 1 aliphatic rings. The maximum Gasteiger partial charge on any atom is 0.573 e. The van der Waals surface area contributed by atoms with Crippen molar-refractivity contribution < 1.29 is 22.6 Å². The molecule has 1 heterocycles. The van der Waals surface area contributed by atoms with Gasteiger partial charge in [0.2, 0.25) is 0 Å². The van der Waals surface area contributed by atoms with Gasteiger partial charge in [0.05, 0.1) is 13.2 Å². The molecule has 112 valence electrons. The molecule has 0 saturated carbocycles. The molecule has 0 aromatic heterocycles. The molecule has 3 nitrogen and oxygen atoms in total. The van der Waals surface area contributed by atoms with E-state index in [4.69, 9.17) is 4.74 Å². The molecule has 1 unspecified atom stereocenters. The van der Waals surface area contributed by atoms with E-state index in [-0.39, 0.29) is 12.4 Å². The lowest BCUT2D eigenvalue weighted by atomic mass is 10.1. The molecular formula is C14H18F3NO2. The minimum absolute atomic E-state index is 0.116. The van der Waals surface area contributed by atoms with Crippen molar-refractivity contribution in [3.8, 4) is 5.75 Å². The average molecular weight is 289 g/mol. The summed E-state index contributed by atoms with van der Waals surface area (Å²) in [6, 6.07) is 6.34. The zero-order chi connectivity index (χ0) is 14.4. The maximum atomic E-state index is 12.3. The van der Waals surface area contributed by atoms with E-state index in [1.54, 1.807) is 12.1 Å². The molecule has 6 heteroatoms. The van der Waals surface area contributed by atoms with Crippen LogP contribution in [0.1, 0.15) is 24.8 Å². The molecule has 1 fully saturated rings. The van der Waals surface area contributed by atoms with Crippen LogP contribution in [0.4, 0.5) is 13.2 Å². The van der Waals surface area contributed by atoms with Crippen LogP contribution >= 0.6 is 0 Å². The molecule has 1 atom stereocenters. The third-order valence-electron chi connectivity index (χ3n) is 3.19. The molecule has 1 aromatic rings. The molecule has 1 aliphatic heterocycles. The summed E-state index contributed by atoms with van der Waals surface area (Å²) < 4.78 is 46.3. The summed E-state index contributed by atoms with van der Waals surface area (Å²) >= 11 is 0. The summed E-state index contributed by atoms with van der Waals surface area (Å²) in [6.45, 7) is 1.59. The van der Waals surface area contributed by atoms with Gasteiger partial charge in [0.15, 0.2) is 0 Å². The lowest BCUT2D eigenvalue weighted by molar-refractivity contribution is -0.275. The van der Waals surface area contributed by atoms with Gasteiger partial charge in [-0.2, -0.15) is 0 Å². The molecule has 2 rings (SSSR count). The van der Waals surface area contributed by atoms with Gasteiger partial charge in [0.1, 0.15) is 5.75 Å². The fraction of sp³-hybridized carbons (Fsp3) is 0.571. The standard InChI is InChI=1S/C14H18F3NO2/c15-14(16,17)20-13-7-2-1-5-11(13)9-19-10-12-6-3-4-8-18-12/h1-2,5,7,12,18H,3-4,6,8-10H2. The van der Waals surface area contributed by atoms with Crippen molar-refractivity contribution in [3.63, 3.8) is 0 Å². The first-order valence-corrected chi connectivity index (χ1v) is 6.69. The van der Waals surface area contributed by atoms with E-state index in [0.717, 1.165) is 19.4 Å². The zero-order valence-electron chi connectivity index (χ0n) is 11.1. The highest BCUT2D eigenvalue weighted by atomic mass is 19.4. The third kappa shape index (κ3) is 5.02. The summed E-state index contributed by atoms with van der Waals surface area (Å²) in [5.41, 5.74) is 0.403. The van der Waals surface area contributed by atoms with Crippen LogP contribution in [0.25, 0.3) is 0 Å². The van der Waals surface area contributed by atoms with E-state index in [2.05, 4.69) is 10.1 Å². The second-order valence-electron chi connectivity index (χ2n) is 4.82. The van der Waals surface area contributed by atoms with Crippen molar-refractivity contribution in [2.24, 2.45) is 0 Å². The lowest BCUT2D eigenvalue weighted by Gasteiger charge is -2.23. The predicted molar refractivity (Wildman–Crippen MR) is 68.4 cm³/mol. The number of benzene rings is 1. The summed E-state index contributed by atoms with van der Waals surface area (Å²) in [7, 11) is 0. The molecule has 0 amide bonds. The van der Waals surface area contributed by atoms with Gasteiger partial charge in [-0.1, -0.05) is 24.6 Å². The van der Waals surface area contributed by atoms with Gasteiger partial charge in [-0.3, -0.25) is 0 Å². The van der Waals surface area contributed by atoms with Gasteiger partial charge in [-0.05, 0) is 25.5 Å². The molecule has 1 aromatic carbocycles. The Morgan fingerprint density at radius 1 is 1.20 bits per heavy atom. The summed E-state index contributed by atoms with van der Waals surface area (Å²) in [4.78, 5) is 0. The van der Waals surface area contributed by atoms with Crippen LogP contribution in [-0.2, 0) is 11.3 Å². The van der Waals surface area contributed by atoms with Gasteiger partial charge in [-0.15, -0.1) is 13.2 Å². The quantitative estimate of drug-likeness (QED) is 0.902. The Labute approximate surface area is 116 Å². The molecular weight excluding hydrogens is 271 g/mol. The number of piperidine rings is 1. The zero-order valence-corrected chi connectivity index (χ0v) is 11.1. The van der Waals surface area contributed by atoms with Gasteiger partial charge in [-0.25, -0.2) is 0 Å². The number of ether oxygens (including phenoxy) is 2. The van der Waals surface area contributed by atoms with Crippen LogP contribution in [0, 0.1) is 0 Å². The Balaban J connectivity index is 1.85. The Bertz CT molecular complexity index is 417. The highest BCUT2D eigenvalue weighted by Gasteiger charge is 2.32. The van der Waals surface area contributed by atoms with Gasteiger partial charge < -0.3 is 14.8 Å². The maximum absolute atomic E-state index is 12.3. The fourth-order valence-corrected chi connectivity index (χ4v) is 2.22. The Morgan fingerprint density at radius 2 is 2.00 bits per heavy atom. The van der Waals surface area contributed by atoms with E-state index in [1.807, 2.05) is 0 Å². The average Bonchev–Trinajstić information content (AvgIpc) is 2.40. The first-order valence-electron chi connectivity index (χ1n) is 6.69. The summed E-state index contributed by atoms with van der Waals surface area (Å²) in [6.07, 6.45) is -1.31. The minimum Gasteiger partial charge on any atom is -0.405 e. The third-order valence-corrected chi connectivity index (χ3v) is 3.19. The van der Waals surface area contributed by atoms with Gasteiger partial charge in [0.25, 0.3) is 0 Å². The van der Waals surface area contributed by atoms with Crippen LogP contribution in [0.3, 0.4) is 0 Å². The topological polar surface area (TPSA) is 30.5 Å². The number of hydrogen-bond donors (Lipinski definition) is 1. The van der Waals surface area contributed by atoms with Crippen LogP contribution < -0.4 is 10.1 Å². The normalized spacial score (nSPS) is 19.9. The summed E-state index contributed by atoms with van der Waals surface area (Å²) in [5.74, 6) is -0.198. The number of alkyl halides is 3. The van der Waals surface area contributed by atoms with Crippen molar-refractivity contribution >= 4 is 0 Å². The molecule has 0 radical (unpaired) electrons. The van der Waals surface area contributed by atoms with Crippen molar-refractivity contribution in [1.29, 1.82) is 0 Å². The highest BCUT2D eigenvalue weighted by molar-refractivity contribution is 5.32. The van der Waals surface area contributed by atoms with Crippen LogP contribution in [0.5, 0.6) is 5.75 Å². The number of hydrogen-bond acceptors (Lipinski definition) is 3. The predicted octanol–water partition coefficient (Wildman–Crippen LogP) is 3.24. The van der Waals surface area contributed by atoms with E-state index >= 15 is 0 Å². The molecule has 0 spiro atoms. The number of nitrogens with one attached hydrogen (secondary N) is 1. The van der Waals surface area contributed by atoms with Crippen molar-refractivity contribution in [2.45, 2.75) is 38.3 Å². The second kappa shape index (κ2) is 6.95. The SMILES string of the molecule is FC(F)(F)Oc1ccccc1COCC1CCCCN1. The van der Waals surface area contributed by atoms with Gasteiger partial charge in [0, 0.05) is 11.6 Å². The molecule has 20 heavy (non-hydrogen) atoms. The van der Waals surface area contributed by atoms with E-state index in [9.17, 15) is 13.2 Å². The molecule has 1 N–H and O–H groups in total. The van der Waals surface area contributed by atoms with E-state index < -0.39 is 6.36 Å². The van der Waals surface area contributed by atoms with E-state index in [1.165, 1.54) is 18.6 Å². The van der Waals surface area contributed by atoms with E-state index in [0.29, 0.717) is 18.2 Å². The monoisotopic (exact) mass is 289 g/mol. The fourth-order valence-electron chi connectivity index (χ4n) is 2.22.